The van der Waals surface area contributed by atoms with Gasteiger partial charge in [0.15, 0.2) is 0 Å². The minimum absolute atomic E-state index is 0.0711. The van der Waals surface area contributed by atoms with Gasteiger partial charge in [0.25, 0.3) is 0 Å². The zero-order chi connectivity index (χ0) is 16.0. The zero-order valence-electron chi connectivity index (χ0n) is 14.0. The molecule has 2 N–H and O–H groups in total. The van der Waals surface area contributed by atoms with Crippen LogP contribution in [0.15, 0.2) is 12.1 Å². The average molecular weight is 296 g/mol. The van der Waals surface area contributed by atoms with Crippen LogP contribution in [0.4, 0.5) is 0 Å². The van der Waals surface area contributed by atoms with Crippen LogP contribution >= 0.6 is 0 Å². The van der Waals surface area contributed by atoms with Gasteiger partial charge in [0.1, 0.15) is 17.2 Å². The van der Waals surface area contributed by atoms with Gasteiger partial charge in [-0.15, -0.1) is 0 Å². The van der Waals surface area contributed by atoms with Crippen molar-refractivity contribution in [2.45, 2.75) is 20.4 Å². The molecule has 0 aliphatic rings. The van der Waals surface area contributed by atoms with Crippen LogP contribution in [0.3, 0.4) is 0 Å². The van der Waals surface area contributed by atoms with E-state index in [1.807, 2.05) is 12.1 Å². The summed E-state index contributed by atoms with van der Waals surface area (Å²) in [4.78, 5) is 2.22. The molecule has 0 saturated heterocycles. The maximum Gasteiger partial charge on any atom is 0.130 e. The van der Waals surface area contributed by atoms with E-state index in [2.05, 4.69) is 25.8 Å². The second kappa shape index (κ2) is 7.52. The number of nitrogens with zero attached hydrogens (tertiary/aromatic N) is 1. The zero-order valence-corrected chi connectivity index (χ0v) is 14.0. The number of nitrogens with two attached hydrogens (primary N) is 1. The maximum absolute atomic E-state index is 5.81. The van der Waals surface area contributed by atoms with Crippen LogP contribution < -0.4 is 19.9 Å². The Hall–Kier alpha value is -1.46. The Morgan fingerprint density at radius 2 is 1.57 bits per heavy atom. The summed E-state index contributed by atoms with van der Waals surface area (Å²) in [5, 5.41) is 0. The van der Waals surface area contributed by atoms with E-state index in [1.165, 1.54) is 0 Å². The largest absolute Gasteiger partial charge is 0.496 e. The first kappa shape index (κ1) is 17.6. The Labute approximate surface area is 128 Å². The van der Waals surface area contributed by atoms with Crippen LogP contribution in [-0.4, -0.2) is 46.4 Å². The molecule has 0 radical (unpaired) electrons. The van der Waals surface area contributed by atoms with E-state index < -0.39 is 0 Å². The van der Waals surface area contributed by atoms with Crippen LogP contribution in [0.5, 0.6) is 17.2 Å². The molecule has 0 atom stereocenters. The van der Waals surface area contributed by atoms with E-state index in [0.717, 1.165) is 35.9 Å². The molecule has 0 amide bonds. The molecule has 0 aliphatic carbocycles. The number of benzene rings is 1. The van der Waals surface area contributed by atoms with Crippen LogP contribution in [0.2, 0.25) is 0 Å². The van der Waals surface area contributed by atoms with Crippen LogP contribution in [-0.2, 0) is 6.54 Å². The number of rotatable bonds is 8. The Kier molecular flexibility index (Phi) is 6.30. The van der Waals surface area contributed by atoms with E-state index in [9.17, 15) is 0 Å². The highest BCUT2D eigenvalue weighted by atomic mass is 16.5. The van der Waals surface area contributed by atoms with Gasteiger partial charge in [-0.25, -0.2) is 0 Å². The summed E-state index contributed by atoms with van der Waals surface area (Å²) < 4.78 is 16.2. The molecule has 5 heteroatoms. The van der Waals surface area contributed by atoms with E-state index in [-0.39, 0.29) is 5.41 Å². The lowest BCUT2D eigenvalue weighted by Gasteiger charge is -2.29. The molecule has 0 aromatic heterocycles. The van der Waals surface area contributed by atoms with Crippen molar-refractivity contribution in [2.75, 3.05) is 41.5 Å². The summed E-state index contributed by atoms with van der Waals surface area (Å²) >= 11 is 0. The molecule has 0 bridgehead atoms. The monoisotopic (exact) mass is 296 g/mol. The van der Waals surface area contributed by atoms with Crippen molar-refractivity contribution >= 4 is 0 Å². The van der Waals surface area contributed by atoms with Gasteiger partial charge in [0, 0.05) is 25.2 Å². The van der Waals surface area contributed by atoms with Crippen LogP contribution in [0.1, 0.15) is 19.4 Å². The summed E-state index contributed by atoms with van der Waals surface area (Å²) in [6, 6.07) is 3.75. The molecule has 0 spiro atoms. The molecule has 1 aromatic rings. The fourth-order valence-electron chi connectivity index (χ4n) is 2.35. The third kappa shape index (κ3) is 4.79. The summed E-state index contributed by atoms with van der Waals surface area (Å²) in [6.45, 7) is 6.58. The summed E-state index contributed by atoms with van der Waals surface area (Å²) in [6.07, 6.45) is 0. The highest BCUT2D eigenvalue weighted by Gasteiger charge is 2.21. The van der Waals surface area contributed by atoms with Crippen molar-refractivity contribution in [1.82, 2.24) is 4.90 Å². The lowest BCUT2D eigenvalue weighted by atomic mass is 9.93. The standard InChI is InChI=1S/C16H28N2O3/c1-16(2,10-17)11-18(3)9-13-14(20-5)7-12(19-4)8-15(13)21-6/h7-8H,9-11,17H2,1-6H3. The van der Waals surface area contributed by atoms with Crippen molar-refractivity contribution in [3.8, 4) is 17.2 Å². The Balaban J connectivity index is 3.01. The molecular weight excluding hydrogens is 268 g/mol. The third-order valence-electron chi connectivity index (χ3n) is 3.50. The summed E-state index contributed by atoms with van der Waals surface area (Å²) in [7, 11) is 7.01. The van der Waals surface area contributed by atoms with Crippen molar-refractivity contribution in [3.63, 3.8) is 0 Å². The second-order valence-corrected chi connectivity index (χ2v) is 6.05. The highest BCUT2D eigenvalue weighted by molar-refractivity contribution is 5.50. The lowest BCUT2D eigenvalue weighted by molar-refractivity contribution is 0.205. The fraction of sp³-hybridized carbons (Fsp3) is 0.625. The van der Waals surface area contributed by atoms with E-state index in [0.29, 0.717) is 6.54 Å². The molecule has 0 aliphatic heterocycles. The third-order valence-corrected chi connectivity index (χ3v) is 3.50. The minimum Gasteiger partial charge on any atom is -0.496 e. The second-order valence-electron chi connectivity index (χ2n) is 6.05. The molecule has 5 nitrogen and oxygen atoms in total. The van der Waals surface area contributed by atoms with E-state index in [4.69, 9.17) is 19.9 Å². The van der Waals surface area contributed by atoms with Gasteiger partial charge in [-0.2, -0.15) is 0 Å². The van der Waals surface area contributed by atoms with Gasteiger partial charge in [-0.1, -0.05) is 13.8 Å². The normalized spacial score (nSPS) is 11.6. The van der Waals surface area contributed by atoms with Gasteiger partial charge in [0.2, 0.25) is 0 Å². The Morgan fingerprint density at radius 3 is 1.95 bits per heavy atom. The van der Waals surface area contributed by atoms with Gasteiger partial charge < -0.3 is 24.8 Å². The smallest absolute Gasteiger partial charge is 0.130 e. The van der Waals surface area contributed by atoms with Gasteiger partial charge in [0.05, 0.1) is 26.9 Å². The molecule has 1 rings (SSSR count). The van der Waals surface area contributed by atoms with Crippen molar-refractivity contribution in [1.29, 1.82) is 0 Å². The molecule has 120 valence electrons. The van der Waals surface area contributed by atoms with Crippen molar-refractivity contribution in [3.05, 3.63) is 17.7 Å². The maximum atomic E-state index is 5.81. The molecule has 1 aromatic carbocycles. The molecule has 0 unspecified atom stereocenters. The first-order valence-corrected chi connectivity index (χ1v) is 7.04. The van der Waals surface area contributed by atoms with Crippen LogP contribution in [0.25, 0.3) is 0 Å². The SMILES string of the molecule is COc1cc(OC)c(CN(C)CC(C)(C)CN)c(OC)c1. The van der Waals surface area contributed by atoms with Gasteiger partial charge in [-0.05, 0) is 19.0 Å². The van der Waals surface area contributed by atoms with E-state index >= 15 is 0 Å². The van der Waals surface area contributed by atoms with Gasteiger partial charge >= 0.3 is 0 Å². The van der Waals surface area contributed by atoms with Gasteiger partial charge in [-0.3, -0.25) is 0 Å². The highest BCUT2D eigenvalue weighted by Crippen LogP contribution is 2.35. The Morgan fingerprint density at radius 1 is 1.05 bits per heavy atom. The topological polar surface area (TPSA) is 57.0 Å². The number of hydrogen-bond acceptors (Lipinski definition) is 5. The number of hydrogen-bond donors (Lipinski definition) is 1. The first-order chi connectivity index (χ1) is 9.86. The van der Waals surface area contributed by atoms with Crippen molar-refractivity contribution < 1.29 is 14.2 Å². The molecule has 21 heavy (non-hydrogen) atoms. The predicted molar refractivity (Wildman–Crippen MR) is 85.3 cm³/mol. The minimum atomic E-state index is 0.0711. The van der Waals surface area contributed by atoms with Crippen LogP contribution in [0, 0.1) is 5.41 Å². The fourth-order valence-corrected chi connectivity index (χ4v) is 2.35. The Bertz CT molecular complexity index is 436. The summed E-state index contributed by atoms with van der Waals surface area (Å²) in [5.74, 6) is 2.25. The molecular formula is C16H28N2O3. The predicted octanol–water partition coefficient (Wildman–Crippen LogP) is 2.13. The molecule has 0 saturated carbocycles. The number of methoxy groups -OCH3 is 3. The average Bonchev–Trinajstić information content (AvgIpc) is 2.46. The lowest BCUT2D eigenvalue weighted by Crippen LogP contribution is -2.36. The first-order valence-electron chi connectivity index (χ1n) is 7.04. The van der Waals surface area contributed by atoms with Crippen molar-refractivity contribution in [2.24, 2.45) is 11.1 Å². The molecule has 0 fully saturated rings. The number of ether oxygens (including phenoxy) is 3. The quantitative estimate of drug-likeness (QED) is 0.796. The molecule has 0 heterocycles. The van der Waals surface area contributed by atoms with E-state index in [1.54, 1.807) is 21.3 Å². The summed E-state index contributed by atoms with van der Waals surface area (Å²) in [5.41, 5.74) is 6.89.